The highest BCUT2D eigenvalue weighted by atomic mass is 16.5. The summed E-state index contributed by atoms with van der Waals surface area (Å²) in [6, 6.07) is 11.6. The van der Waals surface area contributed by atoms with Crippen molar-refractivity contribution in [2.45, 2.75) is 45.8 Å². The molecule has 0 unspecified atom stereocenters. The average Bonchev–Trinajstić information content (AvgIpc) is 3.20. The summed E-state index contributed by atoms with van der Waals surface area (Å²) in [5.41, 5.74) is 11.5. The summed E-state index contributed by atoms with van der Waals surface area (Å²) in [5.74, 6) is -0.0317. The van der Waals surface area contributed by atoms with Crippen molar-refractivity contribution in [3.63, 3.8) is 0 Å². The van der Waals surface area contributed by atoms with Crippen LogP contribution >= 0.6 is 0 Å². The van der Waals surface area contributed by atoms with E-state index in [0.29, 0.717) is 23.6 Å². The molecule has 1 atom stereocenters. The molecule has 180 valence electrons. The minimum absolute atomic E-state index is 0.0504. The molecule has 2 aromatic carbocycles. The van der Waals surface area contributed by atoms with Crippen LogP contribution in [0.4, 0.5) is 0 Å². The maximum Gasteiger partial charge on any atom is 0.252 e. The molecule has 1 aliphatic rings. The van der Waals surface area contributed by atoms with Gasteiger partial charge in [0.05, 0.1) is 23.9 Å². The summed E-state index contributed by atoms with van der Waals surface area (Å²) in [7, 11) is 3.51. The Morgan fingerprint density at radius 1 is 1.24 bits per heavy atom. The number of rotatable bonds is 9. The number of nitrogens with zero attached hydrogens (tertiary/aromatic N) is 2. The average molecular weight is 463 g/mol. The molecule has 0 saturated heterocycles. The zero-order chi connectivity index (χ0) is 25.0. The number of nitrogens with one attached hydrogen (secondary N) is 1. The van der Waals surface area contributed by atoms with Gasteiger partial charge in [0.25, 0.3) is 5.91 Å². The highest BCUT2D eigenvalue weighted by Crippen LogP contribution is 2.36. The fourth-order valence-corrected chi connectivity index (χ4v) is 4.14. The Labute approximate surface area is 201 Å². The summed E-state index contributed by atoms with van der Waals surface area (Å²) >= 11 is 0. The second-order valence-corrected chi connectivity index (χ2v) is 9.02. The van der Waals surface area contributed by atoms with Gasteiger partial charge in [0.2, 0.25) is 5.91 Å². The number of amides is 2. The van der Waals surface area contributed by atoms with Crippen LogP contribution in [0.3, 0.4) is 0 Å². The van der Waals surface area contributed by atoms with E-state index in [1.165, 1.54) is 11.1 Å². The van der Waals surface area contributed by atoms with E-state index in [1.54, 1.807) is 31.1 Å². The third-order valence-electron chi connectivity index (χ3n) is 5.91. The van der Waals surface area contributed by atoms with Crippen LogP contribution in [-0.2, 0) is 11.2 Å². The smallest absolute Gasteiger partial charge is 0.252 e. The van der Waals surface area contributed by atoms with Gasteiger partial charge in [-0.3, -0.25) is 14.6 Å². The first-order chi connectivity index (χ1) is 16.1. The van der Waals surface area contributed by atoms with Gasteiger partial charge in [-0.15, -0.1) is 0 Å². The number of nitrogens with two attached hydrogens (primary N) is 1. The van der Waals surface area contributed by atoms with Crippen LogP contribution in [0.1, 0.15) is 65.8 Å². The van der Waals surface area contributed by atoms with Crippen LogP contribution in [0, 0.1) is 0 Å². The van der Waals surface area contributed by atoms with Crippen LogP contribution in [0.2, 0.25) is 0 Å². The van der Waals surface area contributed by atoms with Crippen LogP contribution in [0.15, 0.2) is 48.0 Å². The Bertz CT molecular complexity index is 1130. The van der Waals surface area contributed by atoms with E-state index in [4.69, 9.17) is 15.5 Å². The minimum Gasteiger partial charge on any atom is -0.490 e. The molecule has 0 radical (unpaired) electrons. The fourth-order valence-electron chi connectivity index (χ4n) is 4.14. The summed E-state index contributed by atoms with van der Waals surface area (Å²) in [4.78, 5) is 30.3. The second-order valence-electron chi connectivity index (χ2n) is 9.02. The van der Waals surface area contributed by atoms with Crippen molar-refractivity contribution < 1.29 is 14.3 Å². The fraction of sp³-hybridized carbons (Fsp3) is 0.370. The molecule has 0 heterocycles. The zero-order valence-electron chi connectivity index (χ0n) is 20.6. The molecule has 3 N–H and O–H groups in total. The number of carbonyl (C=O) groups excluding carboxylic acids is 2. The van der Waals surface area contributed by atoms with E-state index in [1.807, 2.05) is 39.0 Å². The van der Waals surface area contributed by atoms with E-state index in [0.717, 1.165) is 29.7 Å². The van der Waals surface area contributed by atoms with Crippen molar-refractivity contribution in [2.24, 2.45) is 10.7 Å². The summed E-state index contributed by atoms with van der Waals surface area (Å²) in [6.07, 6.45) is 1.74. The molecule has 3 rings (SSSR count). The predicted molar refractivity (Wildman–Crippen MR) is 136 cm³/mol. The van der Waals surface area contributed by atoms with E-state index in [-0.39, 0.29) is 18.1 Å². The number of hydrogen-bond acceptors (Lipinski definition) is 5. The molecular weight excluding hydrogens is 428 g/mol. The summed E-state index contributed by atoms with van der Waals surface area (Å²) in [5, 5.41) is 3.37. The number of benzene rings is 2. The first-order valence-corrected chi connectivity index (χ1v) is 11.5. The van der Waals surface area contributed by atoms with Crippen molar-refractivity contribution in [1.29, 1.82) is 0 Å². The van der Waals surface area contributed by atoms with E-state index in [9.17, 15) is 9.59 Å². The molecule has 1 aliphatic carbocycles. The van der Waals surface area contributed by atoms with Crippen molar-refractivity contribution >= 4 is 23.2 Å². The number of primary amides is 1. The highest BCUT2D eigenvalue weighted by Gasteiger charge is 2.25. The quantitative estimate of drug-likeness (QED) is 0.555. The third-order valence-corrected chi connectivity index (χ3v) is 5.91. The Morgan fingerprint density at radius 2 is 1.97 bits per heavy atom. The lowest BCUT2D eigenvalue weighted by atomic mass is 10.00. The molecule has 7 nitrogen and oxygen atoms in total. The van der Waals surface area contributed by atoms with Gasteiger partial charge in [-0.25, -0.2) is 0 Å². The number of fused-ring (bicyclic) bond motifs is 1. The van der Waals surface area contributed by atoms with E-state index < -0.39 is 5.91 Å². The molecule has 34 heavy (non-hydrogen) atoms. The van der Waals surface area contributed by atoms with Crippen LogP contribution in [-0.4, -0.2) is 49.2 Å². The Balaban J connectivity index is 1.83. The number of aliphatic imine (C=N–C) groups is 1. The summed E-state index contributed by atoms with van der Waals surface area (Å²) in [6.45, 7) is 10.2. The number of likely N-dealkylation sites (N-methyl/N-ethyl adjacent to an activating group) is 1. The monoisotopic (exact) mass is 462 g/mol. The number of carbonyl (C=O) groups is 2. The molecule has 2 amide bonds. The first-order valence-electron chi connectivity index (χ1n) is 11.5. The van der Waals surface area contributed by atoms with Gasteiger partial charge in [-0.1, -0.05) is 24.8 Å². The first kappa shape index (κ1) is 25.2. The van der Waals surface area contributed by atoms with Gasteiger partial charge in [-0.05, 0) is 68.5 Å². The normalized spacial score (nSPS) is 15.2. The molecule has 0 aliphatic heterocycles. The van der Waals surface area contributed by atoms with Crippen molar-refractivity contribution in [2.75, 3.05) is 20.6 Å². The Hall–Kier alpha value is -3.45. The Kier molecular flexibility index (Phi) is 7.89. The second kappa shape index (κ2) is 10.7. The SMILES string of the molecule is C=C(N=C(C)c1ccc(OC(C)C)c(C(N)=O)c1)c1cccc2c1CC[C@@H]2NCC(=O)N(C)C. The Morgan fingerprint density at radius 3 is 2.62 bits per heavy atom. The van der Waals surface area contributed by atoms with Crippen molar-refractivity contribution in [3.8, 4) is 5.75 Å². The zero-order valence-corrected chi connectivity index (χ0v) is 20.6. The van der Waals surface area contributed by atoms with Gasteiger partial charge in [0, 0.05) is 31.4 Å². The molecule has 0 aromatic heterocycles. The molecule has 0 bridgehead atoms. The lowest BCUT2D eigenvalue weighted by Crippen LogP contribution is -2.34. The maximum absolute atomic E-state index is 12.0. The van der Waals surface area contributed by atoms with E-state index in [2.05, 4.69) is 18.0 Å². The van der Waals surface area contributed by atoms with Gasteiger partial charge in [-0.2, -0.15) is 0 Å². The van der Waals surface area contributed by atoms with Crippen LogP contribution in [0.25, 0.3) is 5.70 Å². The molecular formula is C27H34N4O3. The topological polar surface area (TPSA) is 97.0 Å². The third kappa shape index (κ3) is 5.72. The van der Waals surface area contributed by atoms with Gasteiger partial charge in [0.1, 0.15) is 5.75 Å². The van der Waals surface area contributed by atoms with E-state index >= 15 is 0 Å². The van der Waals surface area contributed by atoms with Crippen molar-refractivity contribution in [1.82, 2.24) is 10.2 Å². The summed E-state index contributed by atoms with van der Waals surface area (Å²) < 4.78 is 5.71. The van der Waals surface area contributed by atoms with Gasteiger partial charge in [0.15, 0.2) is 0 Å². The largest absolute Gasteiger partial charge is 0.490 e. The molecule has 0 saturated carbocycles. The molecule has 0 spiro atoms. The molecule has 7 heteroatoms. The lowest BCUT2D eigenvalue weighted by molar-refractivity contribution is -0.127. The van der Waals surface area contributed by atoms with Gasteiger partial charge < -0.3 is 20.7 Å². The lowest BCUT2D eigenvalue weighted by Gasteiger charge is -2.17. The highest BCUT2D eigenvalue weighted by molar-refractivity contribution is 6.05. The molecule has 0 fully saturated rings. The molecule has 2 aromatic rings. The van der Waals surface area contributed by atoms with Crippen molar-refractivity contribution in [3.05, 3.63) is 70.8 Å². The van der Waals surface area contributed by atoms with Crippen LogP contribution < -0.4 is 15.8 Å². The van der Waals surface area contributed by atoms with Gasteiger partial charge >= 0.3 is 0 Å². The standard InChI is InChI=1S/C27H34N4O3/c1-16(2)34-25-13-10-19(14-23(25)27(28)33)17(3)30-18(4)20-8-7-9-22-21(20)11-12-24(22)29-15-26(32)31(5)6/h7-10,13-14,16,24,29H,4,11-12,15H2,1-3,5-6H3,(H2,28,33)/t24-/m0/s1. The maximum atomic E-state index is 12.0. The number of ether oxygens (including phenoxy) is 1. The van der Waals surface area contributed by atoms with Crippen LogP contribution in [0.5, 0.6) is 5.75 Å². The number of hydrogen-bond donors (Lipinski definition) is 2. The predicted octanol–water partition coefficient (Wildman–Crippen LogP) is 3.72. The minimum atomic E-state index is -0.545.